The first-order valence-electron chi connectivity index (χ1n) is 14.4. The fourth-order valence-electron chi connectivity index (χ4n) is 5.75. The first-order chi connectivity index (χ1) is 20.8. The Morgan fingerprint density at radius 1 is 0.238 bits per heavy atom. The molecule has 0 radical (unpaired) electrons. The zero-order chi connectivity index (χ0) is 28.1. The van der Waals surface area contributed by atoms with Crippen LogP contribution in [0.1, 0.15) is 22.3 Å². The molecule has 0 spiro atoms. The van der Waals surface area contributed by atoms with Crippen molar-refractivity contribution in [1.29, 1.82) is 0 Å². The summed E-state index contributed by atoms with van der Waals surface area (Å²) < 4.78 is 0. The van der Waals surface area contributed by atoms with Gasteiger partial charge in [-0.25, -0.2) is 0 Å². The molecule has 0 aliphatic rings. The smallest absolute Gasteiger partial charge is 0.00987 e. The van der Waals surface area contributed by atoms with Crippen LogP contribution in [0.4, 0.5) is 0 Å². The minimum Gasteiger partial charge on any atom is -0.0622 e. The molecule has 0 aliphatic heterocycles. The lowest BCUT2D eigenvalue weighted by Gasteiger charge is -2.13. The monoisotopic (exact) mass is 534 g/mol. The highest BCUT2D eigenvalue weighted by Crippen LogP contribution is 2.35. The van der Waals surface area contributed by atoms with Crippen LogP contribution in [-0.2, 0) is 0 Å². The van der Waals surface area contributed by atoms with Gasteiger partial charge >= 0.3 is 0 Å². The van der Waals surface area contributed by atoms with Crippen LogP contribution >= 0.6 is 0 Å². The maximum atomic E-state index is 2.28. The Morgan fingerprint density at radius 2 is 0.524 bits per heavy atom. The summed E-state index contributed by atoms with van der Waals surface area (Å²) >= 11 is 0. The molecule has 0 unspecified atom stereocenters. The third kappa shape index (κ3) is 5.19. The van der Waals surface area contributed by atoms with E-state index in [4.69, 9.17) is 0 Å². The summed E-state index contributed by atoms with van der Waals surface area (Å²) in [4.78, 5) is 0. The maximum absolute atomic E-state index is 2.28. The van der Waals surface area contributed by atoms with Gasteiger partial charge in [0.25, 0.3) is 0 Å². The van der Waals surface area contributed by atoms with Crippen LogP contribution in [-0.4, -0.2) is 0 Å². The Balaban J connectivity index is 1.25. The largest absolute Gasteiger partial charge is 0.0622 e. The fourth-order valence-corrected chi connectivity index (χ4v) is 5.75. The van der Waals surface area contributed by atoms with Crippen molar-refractivity contribution in [1.82, 2.24) is 0 Å². The van der Waals surface area contributed by atoms with E-state index in [1.54, 1.807) is 0 Å². The summed E-state index contributed by atoms with van der Waals surface area (Å²) in [7, 11) is 0. The zero-order valence-electron chi connectivity index (χ0n) is 23.3. The first kappa shape index (κ1) is 25.5. The quantitative estimate of drug-likeness (QED) is 0.147. The van der Waals surface area contributed by atoms with Crippen molar-refractivity contribution in [2.24, 2.45) is 0 Å². The van der Waals surface area contributed by atoms with Gasteiger partial charge < -0.3 is 0 Å². The fraction of sp³-hybridized carbons (Fsp3) is 0. The van der Waals surface area contributed by atoms with E-state index < -0.39 is 0 Å². The molecular weight excluding hydrogens is 504 g/mol. The summed E-state index contributed by atoms with van der Waals surface area (Å²) in [6, 6.07) is 56.2. The van der Waals surface area contributed by atoms with Gasteiger partial charge in [0, 0.05) is 0 Å². The molecular formula is C42H30. The predicted molar refractivity (Wildman–Crippen MR) is 183 cm³/mol. The van der Waals surface area contributed by atoms with E-state index in [1.165, 1.54) is 66.1 Å². The number of benzene rings is 7. The van der Waals surface area contributed by atoms with Crippen LogP contribution in [0.25, 0.3) is 68.1 Å². The Morgan fingerprint density at radius 3 is 0.857 bits per heavy atom. The molecule has 42 heavy (non-hydrogen) atoms. The Kier molecular flexibility index (Phi) is 7.02. The normalized spacial score (nSPS) is 11.6. The van der Waals surface area contributed by atoms with Crippen molar-refractivity contribution < 1.29 is 0 Å². The van der Waals surface area contributed by atoms with Gasteiger partial charge in [-0.15, -0.1) is 0 Å². The molecule has 0 aromatic heterocycles. The van der Waals surface area contributed by atoms with E-state index in [-0.39, 0.29) is 0 Å². The molecule has 0 saturated heterocycles. The van der Waals surface area contributed by atoms with Crippen molar-refractivity contribution in [3.8, 4) is 22.3 Å². The highest BCUT2D eigenvalue weighted by molar-refractivity contribution is 6.14. The Labute approximate surface area is 247 Å². The SMILES string of the molecule is C(=C\c1c2ccccc2c(/C=C/c2ccc(-c3ccccc3)cc2)c2ccccc12)/c1ccc(-c2ccccc2)cc1. The van der Waals surface area contributed by atoms with Gasteiger partial charge in [-0.05, 0) is 66.1 Å². The summed E-state index contributed by atoms with van der Waals surface area (Å²) in [6.45, 7) is 0. The predicted octanol–water partition coefficient (Wildman–Crippen LogP) is 11.7. The van der Waals surface area contributed by atoms with Crippen LogP contribution in [0.3, 0.4) is 0 Å². The molecule has 0 bridgehead atoms. The molecule has 7 aromatic carbocycles. The number of hydrogen-bond acceptors (Lipinski definition) is 0. The molecule has 0 heterocycles. The van der Waals surface area contributed by atoms with Crippen LogP contribution in [0.15, 0.2) is 158 Å². The van der Waals surface area contributed by atoms with E-state index in [9.17, 15) is 0 Å². The molecule has 0 N–H and O–H groups in total. The van der Waals surface area contributed by atoms with E-state index in [1.807, 2.05) is 0 Å². The molecule has 0 nitrogen and oxygen atoms in total. The summed E-state index contributed by atoms with van der Waals surface area (Å²) in [5.74, 6) is 0. The average molecular weight is 535 g/mol. The summed E-state index contributed by atoms with van der Waals surface area (Å²) in [5, 5.41) is 5.03. The van der Waals surface area contributed by atoms with Gasteiger partial charge in [0.1, 0.15) is 0 Å². The lowest BCUT2D eigenvalue weighted by atomic mass is 9.90. The van der Waals surface area contributed by atoms with Gasteiger partial charge in [-0.3, -0.25) is 0 Å². The number of fused-ring (bicyclic) bond motifs is 2. The maximum Gasteiger partial charge on any atom is -0.00987 e. The molecule has 7 rings (SSSR count). The highest BCUT2D eigenvalue weighted by Gasteiger charge is 2.10. The topological polar surface area (TPSA) is 0 Å². The highest BCUT2D eigenvalue weighted by atomic mass is 14.1. The van der Waals surface area contributed by atoms with Gasteiger partial charge in [0.2, 0.25) is 0 Å². The second-order valence-corrected chi connectivity index (χ2v) is 10.6. The van der Waals surface area contributed by atoms with Crippen LogP contribution in [0.2, 0.25) is 0 Å². The standard InChI is InChI=1S/C42H30/c1-3-11-33(12-4-1)35-25-19-31(20-26-35)23-29-41-37-15-7-9-17-39(37)42(40-18-10-8-16-38(40)41)30-24-32-21-27-36(28-22-32)34-13-5-2-6-14-34/h1-30H/b29-23+,30-24+. The molecule has 0 amide bonds. The van der Waals surface area contributed by atoms with Crippen LogP contribution in [0.5, 0.6) is 0 Å². The van der Waals surface area contributed by atoms with E-state index in [0.717, 1.165) is 0 Å². The lowest BCUT2D eigenvalue weighted by Crippen LogP contribution is -1.88. The van der Waals surface area contributed by atoms with Crippen molar-refractivity contribution in [3.63, 3.8) is 0 Å². The molecule has 0 atom stereocenters. The van der Waals surface area contributed by atoms with E-state index >= 15 is 0 Å². The van der Waals surface area contributed by atoms with Crippen molar-refractivity contribution >= 4 is 45.8 Å². The third-order valence-corrected chi connectivity index (χ3v) is 7.94. The molecule has 0 fully saturated rings. The Hall–Kier alpha value is -5.46. The van der Waals surface area contributed by atoms with Crippen molar-refractivity contribution in [2.45, 2.75) is 0 Å². The molecule has 0 saturated carbocycles. The minimum absolute atomic E-state index is 1.19. The first-order valence-corrected chi connectivity index (χ1v) is 14.4. The number of hydrogen-bond donors (Lipinski definition) is 0. The molecule has 198 valence electrons. The number of rotatable bonds is 6. The second-order valence-electron chi connectivity index (χ2n) is 10.6. The van der Waals surface area contributed by atoms with Gasteiger partial charge in [-0.2, -0.15) is 0 Å². The second kappa shape index (κ2) is 11.6. The minimum atomic E-state index is 1.19. The lowest BCUT2D eigenvalue weighted by molar-refractivity contribution is 1.60. The van der Waals surface area contributed by atoms with Crippen molar-refractivity contribution in [3.05, 3.63) is 180 Å². The zero-order valence-corrected chi connectivity index (χ0v) is 23.3. The van der Waals surface area contributed by atoms with Crippen LogP contribution < -0.4 is 0 Å². The van der Waals surface area contributed by atoms with E-state index in [0.29, 0.717) is 0 Å². The molecule has 0 heteroatoms. The van der Waals surface area contributed by atoms with Gasteiger partial charge in [0.15, 0.2) is 0 Å². The van der Waals surface area contributed by atoms with Crippen LogP contribution in [0, 0.1) is 0 Å². The van der Waals surface area contributed by atoms with Gasteiger partial charge in [0.05, 0.1) is 0 Å². The summed E-state index contributed by atoms with van der Waals surface area (Å²) in [6.07, 6.45) is 9.01. The van der Waals surface area contributed by atoms with Crippen molar-refractivity contribution in [2.75, 3.05) is 0 Å². The third-order valence-electron chi connectivity index (χ3n) is 7.94. The molecule has 7 aromatic rings. The average Bonchev–Trinajstić information content (AvgIpc) is 3.07. The van der Waals surface area contributed by atoms with Gasteiger partial charge in [-0.1, -0.05) is 182 Å². The summed E-state index contributed by atoms with van der Waals surface area (Å²) in [5.41, 5.74) is 9.80. The Bertz CT molecular complexity index is 1820. The molecule has 0 aliphatic carbocycles. The van der Waals surface area contributed by atoms with E-state index in [2.05, 4.69) is 182 Å².